The number of aliphatic hydroxyl groups is 1. The molecule has 0 aliphatic carbocycles. The molecule has 1 aromatic heterocycles. The summed E-state index contributed by atoms with van der Waals surface area (Å²) in [7, 11) is 0. The van der Waals surface area contributed by atoms with Gasteiger partial charge in [0.1, 0.15) is 29.3 Å². The number of aryl methyl sites for hydroxylation is 1. The van der Waals surface area contributed by atoms with E-state index in [1.54, 1.807) is 23.2 Å². The normalized spacial score (nSPS) is 20.3. The highest BCUT2D eigenvalue weighted by atomic mass is 32.1. The van der Waals surface area contributed by atoms with Crippen molar-refractivity contribution in [1.82, 2.24) is 20.1 Å². The van der Waals surface area contributed by atoms with Gasteiger partial charge < -0.3 is 25.0 Å². The summed E-state index contributed by atoms with van der Waals surface area (Å²) >= 11 is 1.60. The fraction of sp³-hybridized carbons (Fsp3) is 0.531. The zero-order valence-electron chi connectivity index (χ0n) is 25.2. The Hall–Kier alpha value is -3.53. The number of piperidine rings is 1. The van der Waals surface area contributed by atoms with Crippen LogP contribution in [0.3, 0.4) is 0 Å². The molecule has 2 amide bonds. The predicted octanol–water partition coefficient (Wildman–Crippen LogP) is 5.28. The van der Waals surface area contributed by atoms with Crippen molar-refractivity contribution in [2.45, 2.75) is 72.4 Å². The molecule has 42 heavy (non-hydrogen) atoms. The zero-order valence-corrected chi connectivity index (χ0v) is 26.0. The molecule has 4 rings (SSSR count). The number of hydrogen-bond donors (Lipinski definition) is 3. The van der Waals surface area contributed by atoms with E-state index in [1.807, 2.05) is 62.4 Å². The number of nitrogens with zero attached hydrogens (tertiary/aromatic N) is 3. The van der Waals surface area contributed by atoms with Gasteiger partial charge in [0.15, 0.2) is 0 Å². The van der Waals surface area contributed by atoms with E-state index >= 15 is 0 Å². The van der Waals surface area contributed by atoms with Gasteiger partial charge in [-0.15, -0.1) is 11.3 Å². The van der Waals surface area contributed by atoms with E-state index in [9.17, 15) is 19.5 Å². The summed E-state index contributed by atoms with van der Waals surface area (Å²) in [5.41, 5.74) is 3.58. The summed E-state index contributed by atoms with van der Waals surface area (Å²) in [6.07, 6.45) is 4.91. The van der Waals surface area contributed by atoms with Gasteiger partial charge in [-0.2, -0.15) is 0 Å². The van der Waals surface area contributed by atoms with Gasteiger partial charge in [0.05, 0.1) is 22.1 Å². The van der Waals surface area contributed by atoms with Gasteiger partial charge in [-0.1, -0.05) is 38.1 Å². The first-order chi connectivity index (χ1) is 20.0. The van der Waals surface area contributed by atoms with E-state index in [4.69, 9.17) is 5.41 Å². The van der Waals surface area contributed by atoms with Crippen molar-refractivity contribution in [3.8, 4) is 10.4 Å². The first-order valence-corrected chi connectivity index (χ1v) is 15.7. The predicted molar refractivity (Wildman–Crippen MR) is 165 cm³/mol. The van der Waals surface area contributed by atoms with Crippen molar-refractivity contribution in [3.05, 3.63) is 52.9 Å². The molecule has 1 aromatic carbocycles. The van der Waals surface area contributed by atoms with Crippen LogP contribution >= 0.6 is 11.3 Å². The number of thiazole rings is 1. The van der Waals surface area contributed by atoms with Crippen LogP contribution in [0.2, 0.25) is 0 Å². The summed E-state index contributed by atoms with van der Waals surface area (Å²) in [4.78, 5) is 47.5. The van der Waals surface area contributed by atoms with Crippen molar-refractivity contribution in [1.29, 1.82) is 5.41 Å². The van der Waals surface area contributed by atoms with Crippen LogP contribution in [0, 0.1) is 29.6 Å². The third-order valence-electron chi connectivity index (χ3n) is 9.07. The Bertz CT molecular complexity index is 1330. The highest BCUT2D eigenvalue weighted by Crippen LogP contribution is 2.38. The Morgan fingerprint density at radius 2 is 1.81 bits per heavy atom. The molecular weight excluding hydrogens is 550 g/mol. The maximum atomic E-state index is 14.1. The van der Waals surface area contributed by atoms with Crippen LogP contribution in [0.25, 0.3) is 10.4 Å². The number of hydrogen-bond acceptors (Lipinski definition) is 7. The molecule has 1 unspecified atom stereocenters. The lowest BCUT2D eigenvalue weighted by Gasteiger charge is -2.38. The molecule has 3 atom stereocenters. The minimum atomic E-state index is -1.30. The van der Waals surface area contributed by atoms with Crippen molar-refractivity contribution >= 4 is 35.3 Å². The number of aldehydes is 1. The van der Waals surface area contributed by atoms with Gasteiger partial charge in [-0.25, -0.2) is 4.98 Å². The van der Waals surface area contributed by atoms with Gasteiger partial charge in [-0.3, -0.25) is 15.0 Å². The maximum Gasteiger partial charge on any atom is 0.243 e. The molecule has 2 fully saturated rings. The number of nitrogens with one attached hydrogen (secondary N) is 2. The standard InChI is InChI=1S/C32H43N5O4S/c1-20(2)32(5,27(39)17-28(33)36-15-12-23(18-38)13-16-36)31(41)37-14-6-7-26(37)30(40)35-21(3)24-8-10-25(11-9-24)29-22(4)34-19-42-29/h8-11,17-21,23,26,33,39H,6-7,12-16H2,1-5H3,(H,35,40)/b27-17-,33-28?/t21-,26-,32?/m0/s1. The minimum Gasteiger partial charge on any atom is -0.511 e. The molecule has 226 valence electrons. The zero-order chi connectivity index (χ0) is 30.6. The Balaban J connectivity index is 1.45. The lowest BCUT2D eigenvalue weighted by Crippen LogP contribution is -2.53. The number of amides is 2. The lowest BCUT2D eigenvalue weighted by molar-refractivity contribution is -0.148. The van der Waals surface area contributed by atoms with E-state index in [0.717, 1.165) is 28.0 Å². The molecule has 9 nitrogen and oxygen atoms in total. The van der Waals surface area contributed by atoms with Crippen molar-refractivity contribution in [2.24, 2.45) is 17.3 Å². The number of carbonyl (C=O) groups is 3. The summed E-state index contributed by atoms with van der Waals surface area (Å²) in [5, 5.41) is 22.9. The Labute approximate surface area is 252 Å². The SMILES string of the molecule is Cc1ncsc1-c1ccc([C@H](C)NC(=O)[C@@H]2CCCN2C(=O)C(C)(/C(O)=C/C(=N)N2CCC(C=O)CC2)C(C)C)cc1. The molecule has 0 spiro atoms. The molecule has 2 saturated heterocycles. The van der Waals surface area contributed by atoms with Crippen LogP contribution in [0.1, 0.15) is 70.7 Å². The monoisotopic (exact) mass is 593 g/mol. The van der Waals surface area contributed by atoms with Gasteiger partial charge in [0, 0.05) is 31.6 Å². The number of aliphatic hydroxyl groups excluding tert-OH is 1. The van der Waals surface area contributed by atoms with Gasteiger partial charge in [-0.05, 0) is 63.5 Å². The van der Waals surface area contributed by atoms with E-state index in [1.165, 1.54) is 6.08 Å². The van der Waals surface area contributed by atoms with Gasteiger partial charge in [0.2, 0.25) is 11.8 Å². The van der Waals surface area contributed by atoms with Gasteiger partial charge in [0.25, 0.3) is 0 Å². The van der Waals surface area contributed by atoms with E-state index in [0.29, 0.717) is 45.3 Å². The van der Waals surface area contributed by atoms with Crippen LogP contribution < -0.4 is 5.32 Å². The Kier molecular flexibility index (Phi) is 9.86. The second-order valence-corrected chi connectivity index (χ2v) is 12.9. The van der Waals surface area contributed by atoms with Crippen LogP contribution in [0.4, 0.5) is 0 Å². The van der Waals surface area contributed by atoms with Crippen molar-refractivity contribution in [2.75, 3.05) is 19.6 Å². The number of aromatic nitrogens is 1. The summed E-state index contributed by atoms with van der Waals surface area (Å²) in [6, 6.07) is 7.20. The number of amidine groups is 1. The van der Waals surface area contributed by atoms with E-state index in [-0.39, 0.29) is 41.3 Å². The molecule has 2 aliphatic heterocycles. The van der Waals surface area contributed by atoms with Crippen LogP contribution in [-0.4, -0.2) is 69.5 Å². The van der Waals surface area contributed by atoms with E-state index in [2.05, 4.69) is 10.3 Å². The first kappa shape index (κ1) is 31.4. The van der Waals surface area contributed by atoms with Crippen LogP contribution in [-0.2, 0) is 14.4 Å². The molecule has 0 saturated carbocycles. The fourth-order valence-electron chi connectivity index (χ4n) is 5.78. The highest BCUT2D eigenvalue weighted by Gasteiger charge is 2.48. The van der Waals surface area contributed by atoms with Crippen LogP contribution in [0.5, 0.6) is 0 Å². The Morgan fingerprint density at radius 3 is 2.38 bits per heavy atom. The second kappa shape index (κ2) is 13.2. The first-order valence-electron chi connectivity index (χ1n) is 14.8. The van der Waals surface area contributed by atoms with E-state index < -0.39 is 11.5 Å². The number of likely N-dealkylation sites (tertiary alicyclic amines) is 2. The van der Waals surface area contributed by atoms with Gasteiger partial charge >= 0.3 is 0 Å². The average Bonchev–Trinajstić information content (AvgIpc) is 3.65. The second-order valence-electron chi connectivity index (χ2n) is 12.0. The number of carbonyl (C=O) groups excluding carboxylic acids is 3. The number of benzene rings is 1. The molecule has 2 aromatic rings. The maximum absolute atomic E-state index is 14.1. The third kappa shape index (κ3) is 6.43. The molecule has 3 heterocycles. The lowest BCUT2D eigenvalue weighted by atomic mass is 9.75. The molecule has 3 N–H and O–H groups in total. The third-order valence-corrected chi connectivity index (χ3v) is 10.0. The fourth-order valence-corrected chi connectivity index (χ4v) is 6.59. The topological polar surface area (TPSA) is 127 Å². The molecular formula is C32H43N5O4S. The smallest absolute Gasteiger partial charge is 0.243 e. The largest absolute Gasteiger partial charge is 0.511 e. The molecule has 0 bridgehead atoms. The quantitative estimate of drug-likeness (QED) is 0.157. The Morgan fingerprint density at radius 1 is 1.14 bits per heavy atom. The van der Waals surface area contributed by atoms with Crippen molar-refractivity contribution in [3.63, 3.8) is 0 Å². The average molecular weight is 594 g/mol. The van der Waals surface area contributed by atoms with Crippen LogP contribution in [0.15, 0.2) is 41.6 Å². The molecule has 0 radical (unpaired) electrons. The molecule has 10 heteroatoms. The van der Waals surface area contributed by atoms with Crippen molar-refractivity contribution < 1.29 is 19.5 Å². The summed E-state index contributed by atoms with van der Waals surface area (Å²) in [6.45, 7) is 10.9. The summed E-state index contributed by atoms with van der Waals surface area (Å²) in [5.74, 6) is -0.857. The summed E-state index contributed by atoms with van der Waals surface area (Å²) < 4.78 is 0. The number of rotatable bonds is 9. The highest BCUT2D eigenvalue weighted by molar-refractivity contribution is 7.13. The minimum absolute atomic E-state index is 0.00232. The molecule has 2 aliphatic rings.